The van der Waals surface area contributed by atoms with Crippen LogP contribution in [-0.4, -0.2) is 9.55 Å². The zero-order valence-corrected chi connectivity index (χ0v) is 13.9. The van der Waals surface area contributed by atoms with Crippen molar-refractivity contribution in [3.8, 4) is 11.4 Å². The van der Waals surface area contributed by atoms with Crippen molar-refractivity contribution < 1.29 is 4.39 Å². The Morgan fingerprint density at radius 1 is 1.19 bits per heavy atom. The van der Waals surface area contributed by atoms with Gasteiger partial charge in [-0.3, -0.25) is 0 Å². The normalized spacial score (nSPS) is 11.5. The monoisotopic (exact) mass is 395 g/mol. The molecule has 0 aliphatic carbocycles. The predicted octanol–water partition coefficient (Wildman–Crippen LogP) is 4.61. The number of nitrogens with zero attached hydrogens (tertiary/aromatic N) is 2. The lowest BCUT2D eigenvalue weighted by atomic mass is 10.1. The van der Waals surface area contributed by atoms with Gasteiger partial charge in [0.15, 0.2) is 0 Å². The van der Waals surface area contributed by atoms with Gasteiger partial charge in [-0.05, 0) is 72.8 Å². The second-order valence-corrected chi connectivity index (χ2v) is 6.51. The minimum Gasteiger partial charge on any atom is -0.398 e. The van der Waals surface area contributed by atoms with E-state index in [1.807, 2.05) is 22.8 Å². The molecule has 2 N–H and O–H groups in total. The fourth-order valence-electron chi connectivity index (χ4n) is 2.50. The molecule has 3 rings (SSSR count). The minimum atomic E-state index is -0.258. The zero-order chi connectivity index (χ0) is 15.1. The quantitative estimate of drug-likeness (QED) is 0.509. The maximum absolute atomic E-state index is 13.6. The van der Waals surface area contributed by atoms with E-state index >= 15 is 0 Å². The summed E-state index contributed by atoms with van der Waals surface area (Å²) in [6.07, 6.45) is 0. The Balaban J connectivity index is 2.36. The van der Waals surface area contributed by atoms with Crippen LogP contribution in [0.2, 0.25) is 0 Å². The standard InChI is InChI=1S/C16H15FIN3/c1-9(2)21-15-7-10(17)3-6-14(15)20-16(21)12-8-11(18)4-5-13(12)19/h3-9H,19H2,1-2H3. The van der Waals surface area contributed by atoms with Gasteiger partial charge in [0.1, 0.15) is 11.6 Å². The molecule has 21 heavy (non-hydrogen) atoms. The van der Waals surface area contributed by atoms with Gasteiger partial charge in [-0.25, -0.2) is 9.37 Å². The molecule has 5 heteroatoms. The average Bonchev–Trinajstić information content (AvgIpc) is 2.79. The van der Waals surface area contributed by atoms with Crippen LogP contribution >= 0.6 is 22.6 Å². The van der Waals surface area contributed by atoms with Crippen LogP contribution in [0.4, 0.5) is 10.1 Å². The highest BCUT2D eigenvalue weighted by Gasteiger charge is 2.17. The van der Waals surface area contributed by atoms with Crippen LogP contribution in [0.15, 0.2) is 36.4 Å². The molecular weight excluding hydrogens is 380 g/mol. The maximum Gasteiger partial charge on any atom is 0.143 e. The summed E-state index contributed by atoms with van der Waals surface area (Å²) >= 11 is 2.25. The molecule has 0 aliphatic heterocycles. The first-order chi connectivity index (χ1) is 9.97. The Kier molecular flexibility index (Phi) is 3.61. The molecule has 1 heterocycles. The third-order valence-corrected chi connectivity index (χ3v) is 4.10. The molecule has 0 aliphatic rings. The molecule has 0 unspecified atom stereocenters. The van der Waals surface area contributed by atoms with E-state index in [2.05, 4.69) is 41.4 Å². The van der Waals surface area contributed by atoms with Gasteiger partial charge in [0.05, 0.1) is 11.0 Å². The second kappa shape index (κ2) is 5.29. The van der Waals surface area contributed by atoms with Gasteiger partial charge in [-0.15, -0.1) is 0 Å². The molecular formula is C16H15FIN3. The molecule has 3 nitrogen and oxygen atoms in total. The van der Waals surface area contributed by atoms with Gasteiger partial charge in [0.25, 0.3) is 0 Å². The van der Waals surface area contributed by atoms with E-state index < -0.39 is 0 Å². The van der Waals surface area contributed by atoms with Gasteiger partial charge >= 0.3 is 0 Å². The highest BCUT2D eigenvalue weighted by atomic mass is 127. The average molecular weight is 395 g/mol. The highest BCUT2D eigenvalue weighted by Crippen LogP contribution is 2.32. The molecule has 0 atom stereocenters. The summed E-state index contributed by atoms with van der Waals surface area (Å²) in [4.78, 5) is 4.66. The SMILES string of the molecule is CC(C)n1c(-c2cc(I)ccc2N)nc2ccc(F)cc21. The van der Waals surface area contributed by atoms with Crippen molar-refractivity contribution in [2.75, 3.05) is 5.73 Å². The lowest BCUT2D eigenvalue weighted by Gasteiger charge is -2.14. The van der Waals surface area contributed by atoms with E-state index in [1.165, 1.54) is 12.1 Å². The molecule has 0 amide bonds. The third-order valence-electron chi connectivity index (χ3n) is 3.42. The predicted molar refractivity (Wildman–Crippen MR) is 92.6 cm³/mol. The number of nitrogens with two attached hydrogens (primary N) is 1. The molecule has 0 saturated carbocycles. The summed E-state index contributed by atoms with van der Waals surface area (Å²) in [5.74, 6) is 0.521. The first-order valence-corrected chi connectivity index (χ1v) is 7.78. The number of anilines is 1. The number of imidazole rings is 1. The summed E-state index contributed by atoms with van der Waals surface area (Å²) in [6, 6.07) is 10.7. The molecule has 0 spiro atoms. The molecule has 0 saturated heterocycles. The largest absolute Gasteiger partial charge is 0.398 e. The Hall–Kier alpha value is -1.63. The third kappa shape index (κ3) is 2.50. The molecule has 1 aromatic heterocycles. The van der Waals surface area contributed by atoms with Gasteiger partial charge in [-0.1, -0.05) is 0 Å². The summed E-state index contributed by atoms with van der Waals surface area (Å²) in [5, 5.41) is 0. The van der Waals surface area contributed by atoms with Crippen molar-refractivity contribution in [1.29, 1.82) is 0 Å². The lowest BCUT2D eigenvalue weighted by Crippen LogP contribution is -2.04. The van der Waals surface area contributed by atoms with E-state index in [0.717, 1.165) is 26.0 Å². The zero-order valence-electron chi connectivity index (χ0n) is 11.8. The topological polar surface area (TPSA) is 43.8 Å². The van der Waals surface area contributed by atoms with Gasteiger partial charge in [-0.2, -0.15) is 0 Å². The van der Waals surface area contributed by atoms with E-state index in [9.17, 15) is 4.39 Å². The van der Waals surface area contributed by atoms with Gasteiger partial charge in [0.2, 0.25) is 0 Å². The van der Waals surface area contributed by atoms with Crippen LogP contribution in [0.25, 0.3) is 22.4 Å². The van der Waals surface area contributed by atoms with Crippen LogP contribution < -0.4 is 5.73 Å². The van der Waals surface area contributed by atoms with Crippen LogP contribution in [0.1, 0.15) is 19.9 Å². The van der Waals surface area contributed by atoms with Crippen LogP contribution in [0.3, 0.4) is 0 Å². The fourth-order valence-corrected chi connectivity index (χ4v) is 2.99. The van der Waals surface area contributed by atoms with Crippen LogP contribution in [-0.2, 0) is 0 Å². The molecule has 0 radical (unpaired) electrons. The first kappa shape index (κ1) is 14.3. The number of aromatic nitrogens is 2. The maximum atomic E-state index is 13.6. The van der Waals surface area contributed by atoms with Gasteiger partial charge < -0.3 is 10.3 Å². The van der Waals surface area contributed by atoms with Crippen molar-refractivity contribution >= 4 is 39.3 Å². The van der Waals surface area contributed by atoms with E-state index in [1.54, 1.807) is 6.07 Å². The highest BCUT2D eigenvalue weighted by molar-refractivity contribution is 14.1. The molecule has 108 valence electrons. The van der Waals surface area contributed by atoms with Crippen molar-refractivity contribution in [1.82, 2.24) is 9.55 Å². The summed E-state index contributed by atoms with van der Waals surface area (Å²) in [7, 11) is 0. The number of benzene rings is 2. The fraction of sp³-hybridized carbons (Fsp3) is 0.188. The Labute approximate surface area is 136 Å². The first-order valence-electron chi connectivity index (χ1n) is 6.70. The Morgan fingerprint density at radius 3 is 2.67 bits per heavy atom. The van der Waals surface area contributed by atoms with Crippen molar-refractivity contribution in [3.63, 3.8) is 0 Å². The Morgan fingerprint density at radius 2 is 1.95 bits per heavy atom. The van der Waals surface area contributed by atoms with Crippen LogP contribution in [0, 0.1) is 9.39 Å². The van der Waals surface area contributed by atoms with Crippen molar-refractivity contribution in [3.05, 3.63) is 45.8 Å². The molecule has 0 bridgehead atoms. The summed E-state index contributed by atoms with van der Waals surface area (Å²) in [6.45, 7) is 4.11. The number of rotatable bonds is 2. The summed E-state index contributed by atoms with van der Waals surface area (Å²) < 4.78 is 16.7. The van der Waals surface area contributed by atoms with Crippen molar-refractivity contribution in [2.45, 2.75) is 19.9 Å². The number of hydrogen-bond acceptors (Lipinski definition) is 2. The molecule has 3 aromatic rings. The number of fused-ring (bicyclic) bond motifs is 1. The van der Waals surface area contributed by atoms with E-state index in [-0.39, 0.29) is 11.9 Å². The number of hydrogen-bond donors (Lipinski definition) is 1. The second-order valence-electron chi connectivity index (χ2n) is 5.26. The van der Waals surface area contributed by atoms with E-state index in [4.69, 9.17) is 5.73 Å². The van der Waals surface area contributed by atoms with E-state index in [0.29, 0.717) is 5.69 Å². The molecule has 2 aromatic carbocycles. The lowest BCUT2D eigenvalue weighted by molar-refractivity contribution is 0.613. The minimum absolute atomic E-state index is 0.157. The Bertz CT molecular complexity index is 824. The number of halogens is 2. The van der Waals surface area contributed by atoms with Crippen molar-refractivity contribution in [2.24, 2.45) is 0 Å². The van der Waals surface area contributed by atoms with Crippen LogP contribution in [0.5, 0.6) is 0 Å². The number of nitrogen functional groups attached to an aromatic ring is 1. The summed E-state index contributed by atoms with van der Waals surface area (Å²) in [5.41, 5.74) is 9.23. The smallest absolute Gasteiger partial charge is 0.143 e. The molecule has 0 fully saturated rings. The van der Waals surface area contributed by atoms with Gasteiger partial charge in [0, 0.05) is 20.9 Å².